The van der Waals surface area contributed by atoms with Crippen LogP contribution in [0.1, 0.15) is 34.6 Å². The van der Waals surface area contributed by atoms with E-state index in [1.54, 1.807) is 24.1 Å². The molecule has 1 aromatic carbocycles. The topological polar surface area (TPSA) is 99.8 Å². The van der Waals surface area contributed by atoms with Gasteiger partial charge in [-0.2, -0.15) is 10.2 Å². The van der Waals surface area contributed by atoms with Crippen molar-refractivity contribution >= 4 is 17.5 Å². The van der Waals surface area contributed by atoms with Crippen LogP contribution in [0.25, 0.3) is 11.3 Å². The van der Waals surface area contributed by atoms with Crippen LogP contribution in [0.2, 0.25) is 5.02 Å². The van der Waals surface area contributed by atoms with Gasteiger partial charge in [-0.05, 0) is 19.1 Å². The number of carbonyl (C=O) groups is 1. The Labute approximate surface area is 160 Å². The maximum Gasteiger partial charge on any atom is 0.272 e. The van der Waals surface area contributed by atoms with Crippen molar-refractivity contribution in [1.29, 1.82) is 0 Å². The molecule has 2 aromatic heterocycles. The highest BCUT2D eigenvalue weighted by Crippen LogP contribution is 2.33. The SMILES string of the molecule is CO[C@H]1C[C@@H](c2n[nH]c(C)n2)N(C(=O)c2cc(-c3ccccc3Cl)n[nH]2)C1. The van der Waals surface area contributed by atoms with Gasteiger partial charge >= 0.3 is 0 Å². The summed E-state index contributed by atoms with van der Waals surface area (Å²) in [7, 11) is 1.64. The van der Waals surface area contributed by atoms with Gasteiger partial charge in [0, 0.05) is 25.6 Å². The highest BCUT2D eigenvalue weighted by atomic mass is 35.5. The number of halogens is 1. The summed E-state index contributed by atoms with van der Waals surface area (Å²) in [6.45, 7) is 2.30. The first kappa shape index (κ1) is 17.7. The second-order valence-electron chi connectivity index (χ2n) is 6.49. The van der Waals surface area contributed by atoms with Crippen LogP contribution in [-0.4, -0.2) is 55.9 Å². The maximum absolute atomic E-state index is 13.1. The molecule has 1 aliphatic rings. The third-order valence-corrected chi connectivity index (χ3v) is 5.06. The van der Waals surface area contributed by atoms with Crippen molar-refractivity contribution in [3.05, 3.63) is 52.7 Å². The molecule has 2 atom stereocenters. The van der Waals surface area contributed by atoms with Crippen LogP contribution < -0.4 is 0 Å². The second-order valence-corrected chi connectivity index (χ2v) is 6.90. The second kappa shape index (κ2) is 7.13. The van der Waals surface area contributed by atoms with Crippen molar-refractivity contribution in [1.82, 2.24) is 30.3 Å². The largest absolute Gasteiger partial charge is 0.380 e. The van der Waals surface area contributed by atoms with E-state index in [0.717, 1.165) is 5.56 Å². The van der Waals surface area contributed by atoms with Gasteiger partial charge in [0.2, 0.25) is 0 Å². The first-order valence-electron chi connectivity index (χ1n) is 8.59. The molecule has 0 saturated carbocycles. The highest BCUT2D eigenvalue weighted by Gasteiger charge is 2.39. The molecule has 140 valence electrons. The van der Waals surface area contributed by atoms with E-state index >= 15 is 0 Å². The van der Waals surface area contributed by atoms with E-state index in [9.17, 15) is 4.79 Å². The molecular weight excluding hydrogens is 368 g/mol. The predicted octanol–water partition coefficient (Wildman–Crippen LogP) is 2.76. The molecule has 1 fully saturated rings. The third-order valence-electron chi connectivity index (χ3n) is 4.73. The summed E-state index contributed by atoms with van der Waals surface area (Å²) < 4.78 is 5.47. The van der Waals surface area contributed by atoms with Gasteiger partial charge in [0.25, 0.3) is 5.91 Å². The summed E-state index contributed by atoms with van der Waals surface area (Å²) in [6.07, 6.45) is 0.578. The van der Waals surface area contributed by atoms with Crippen molar-refractivity contribution in [3.63, 3.8) is 0 Å². The minimum absolute atomic E-state index is 0.0660. The van der Waals surface area contributed by atoms with Crippen molar-refractivity contribution in [3.8, 4) is 11.3 Å². The fourth-order valence-electron chi connectivity index (χ4n) is 3.34. The van der Waals surface area contributed by atoms with E-state index in [1.807, 2.05) is 25.1 Å². The van der Waals surface area contributed by atoms with Gasteiger partial charge in [0.05, 0.1) is 22.9 Å². The number of likely N-dealkylation sites (tertiary alicyclic amines) is 1. The van der Waals surface area contributed by atoms with Crippen LogP contribution in [0.4, 0.5) is 0 Å². The monoisotopic (exact) mass is 386 g/mol. The summed E-state index contributed by atoms with van der Waals surface area (Å²) in [5, 5.41) is 14.7. The van der Waals surface area contributed by atoms with E-state index in [0.29, 0.717) is 41.0 Å². The first-order valence-corrected chi connectivity index (χ1v) is 8.97. The van der Waals surface area contributed by atoms with Gasteiger partial charge in [-0.1, -0.05) is 29.8 Å². The Bertz CT molecular complexity index is 968. The Kier molecular flexibility index (Phi) is 4.67. The van der Waals surface area contributed by atoms with Crippen LogP contribution in [0.5, 0.6) is 0 Å². The van der Waals surface area contributed by atoms with E-state index in [1.165, 1.54) is 0 Å². The van der Waals surface area contributed by atoms with Gasteiger partial charge < -0.3 is 9.64 Å². The molecule has 0 aliphatic carbocycles. The normalized spacial score (nSPS) is 19.6. The van der Waals surface area contributed by atoms with Gasteiger partial charge in [-0.15, -0.1) is 0 Å². The maximum atomic E-state index is 13.1. The van der Waals surface area contributed by atoms with Crippen LogP contribution in [0.3, 0.4) is 0 Å². The summed E-state index contributed by atoms with van der Waals surface area (Å²) in [5.41, 5.74) is 1.78. The summed E-state index contributed by atoms with van der Waals surface area (Å²) in [4.78, 5) is 19.2. The number of H-pyrrole nitrogens is 2. The number of rotatable bonds is 4. The molecule has 0 bridgehead atoms. The molecular formula is C18H19ClN6O2. The Morgan fingerprint density at radius 3 is 2.81 bits per heavy atom. The minimum Gasteiger partial charge on any atom is -0.380 e. The number of hydrogen-bond donors (Lipinski definition) is 2. The van der Waals surface area contributed by atoms with E-state index in [4.69, 9.17) is 16.3 Å². The Morgan fingerprint density at radius 1 is 1.30 bits per heavy atom. The smallest absolute Gasteiger partial charge is 0.272 e. The van der Waals surface area contributed by atoms with Gasteiger partial charge in [0.15, 0.2) is 5.82 Å². The zero-order chi connectivity index (χ0) is 19.0. The van der Waals surface area contributed by atoms with Crippen LogP contribution in [-0.2, 0) is 4.74 Å². The van der Waals surface area contributed by atoms with E-state index in [-0.39, 0.29) is 18.1 Å². The van der Waals surface area contributed by atoms with Crippen LogP contribution in [0.15, 0.2) is 30.3 Å². The molecule has 4 rings (SSSR count). The number of aromatic amines is 2. The molecule has 1 amide bonds. The summed E-state index contributed by atoms with van der Waals surface area (Å²) >= 11 is 6.23. The van der Waals surface area contributed by atoms with Crippen molar-refractivity contribution in [2.75, 3.05) is 13.7 Å². The number of carbonyl (C=O) groups excluding carboxylic acids is 1. The van der Waals surface area contributed by atoms with Crippen LogP contribution >= 0.6 is 11.6 Å². The Morgan fingerprint density at radius 2 is 2.11 bits per heavy atom. The lowest BCUT2D eigenvalue weighted by molar-refractivity contribution is 0.0678. The average molecular weight is 387 g/mol. The molecule has 9 heteroatoms. The van der Waals surface area contributed by atoms with Gasteiger partial charge in [-0.25, -0.2) is 4.98 Å². The van der Waals surface area contributed by atoms with Gasteiger partial charge in [0.1, 0.15) is 11.5 Å². The number of hydrogen-bond acceptors (Lipinski definition) is 5. The fraction of sp³-hybridized carbons (Fsp3) is 0.333. The molecule has 1 saturated heterocycles. The molecule has 8 nitrogen and oxygen atoms in total. The molecule has 3 aromatic rings. The number of nitrogens with one attached hydrogen (secondary N) is 2. The van der Waals surface area contributed by atoms with E-state index < -0.39 is 0 Å². The highest BCUT2D eigenvalue weighted by molar-refractivity contribution is 6.33. The minimum atomic E-state index is -0.250. The number of methoxy groups -OCH3 is 1. The number of aromatic nitrogens is 5. The molecule has 0 radical (unpaired) electrons. The van der Waals surface area contributed by atoms with Crippen LogP contribution in [0, 0.1) is 6.92 Å². The Hall–Kier alpha value is -2.71. The van der Waals surface area contributed by atoms with Crippen molar-refractivity contribution in [2.45, 2.75) is 25.5 Å². The van der Waals surface area contributed by atoms with Gasteiger partial charge in [-0.3, -0.25) is 15.0 Å². The predicted molar refractivity (Wildman–Crippen MR) is 99.3 cm³/mol. The lowest BCUT2D eigenvalue weighted by Crippen LogP contribution is -2.32. The lowest BCUT2D eigenvalue weighted by Gasteiger charge is -2.21. The molecule has 0 unspecified atom stereocenters. The standard InChI is InChI=1S/C18H19ClN6O2/c1-10-20-17(24-21-10)16-7-11(27-2)9-25(16)18(26)15-8-14(22-23-15)12-5-3-4-6-13(12)19/h3-6,8,11,16H,7,9H2,1-2H3,(H,22,23)(H,20,21,24)/t11-,16-/m0/s1. The first-order chi connectivity index (χ1) is 13.1. The zero-order valence-corrected chi connectivity index (χ0v) is 15.7. The molecule has 1 aliphatic heterocycles. The van der Waals surface area contributed by atoms with E-state index in [2.05, 4.69) is 25.4 Å². The number of nitrogens with zero attached hydrogens (tertiary/aromatic N) is 4. The number of ether oxygens (including phenoxy) is 1. The summed E-state index contributed by atoms with van der Waals surface area (Å²) in [6, 6.07) is 8.84. The van der Waals surface area contributed by atoms with Crippen molar-refractivity contribution < 1.29 is 9.53 Å². The third kappa shape index (κ3) is 3.33. The van der Waals surface area contributed by atoms with Crippen molar-refractivity contribution in [2.24, 2.45) is 0 Å². The Balaban J connectivity index is 1.62. The number of amides is 1. The molecule has 0 spiro atoms. The fourth-order valence-corrected chi connectivity index (χ4v) is 3.57. The zero-order valence-electron chi connectivity index (χ0n) is 14.9. The number of aryl methyl sites for hydroxylation is 1. The quantitative estimate of drug-likeness (QED) is 0.718. The molecule has 27 heavy (non-hydrogen) atoms. The summed E-state index contributed by atoms with van der Waals surface area (Å²) in [5.74, 6) is 1.12. The average Bonchev–Trinajstić information content (AvgIpc) is 3.40. The molecule has 2 N–H and O–H groups in total. The number of benzene rings is 1. The molecule has 3 heterocycles. The lowest BCUT2D eigenvalue weighted by atomic mass is 10.1.